The number of hydrogen-bond acceptors (Lipinski definition) is 4. The van der Waals surface area contributed by atoms with Crippen LogP contribution in [0.2, 0.25) is 0 Å². The topological polar surface area (TPSA) is 40.5 Å². The Balaban J connectivity index is 1.53. The van der Waals surface area contributed by atoms with Crippen molar-refractivity contribution >= 4 is 17.5 Å². The minimum absolute atomic E-state index is 0.598. The maximum atomic E-state index is 4.78. The average Bonchev–Trinajstić information content (AvgIpc) is 2.75. The highest BCUT2D eigenvalue weighted by molar-refractivity contribution is 6.15. The summed E-state index contributed by atoms with van der Waals surface area (Å²) in [6, 6.07) is 13.7. The van der Waals surface area contributed by atoms with Crippen molar-refractivity contribution in [2.45, 2.75) is 32.2 Å². The van der Waals surface area contributed by atoms with Crippen molar-refractivity contribution in [2.75, 3.05) is 31.1 Å². The number of nitrogens with zero attached hydrogens (tertiary/aromatic N) is 3. The van der Waals surface area contributed by atoms with E-state index in [1.54, 1.807) is 0 Å². The van der Waals surface area contributed by atoms with E-state index in [1.165, 1.54) is 23.2 Å². The predicted molar refractivity (Wildman–Crippen MR) is 114 cm³/mol. The molecule has 0 spiro atoms. The smallest absolute Gasteiger partial charge is 0.0694 e. The fraction of sp³-hybridized carbons (Fsp3) is 0.391. The second-order valence-electron chi connectivity index (χ2n) is 7.34. The van der Waals surface area contributed by atoms with Crippen molar-refractivity contribution in [3.63, 3.8) is 0 Å². The number of anilines is 1. The first-order chi connectivity index (χ1) is 13.3. The van der Waals surface area contributed by atoms with Crippen LogP contribution in [-0.2, 0) is 0 Å². The Bertz CT molecular complexity index is 808. The molecule has 4 nitrogen and oxygen atoms in total. The molecular weight excluding hydrogens is 332 g/mol. The van der Waals surface area contributed by atoms with Crippen LogP contribution in [-0.4, -0.2) is 42.9 Å². The quantitative estimate of drug-likeness (QED) is 0.898. The van der Waals surface area contributed by atoms with Crippen molar-refractivity contribution < 1.29 is 0 Å². The molecule has 1 fully saturated rings. The van der Waals surface area contributed by atoms with Gasteiger partial charge in [0.1, 0.15) is 0 Å². The summed E-state index contributed by atoms with van der Waals surface area (Å²) in [4.78, 5) is 11.5. The molecule has 4 heteroatoms. The van der Waals surface area contributed by atoms with E-state index >= 15 is 0 Å². The third kappa shape index (κ3) is 4.28. The summed E-state index contributed by atoms with van der Waals surface area (Å²) in [7, 11) is 0. The molecule has 2 aromatic rings. The number of piperazine rings is 1. The van der Waals surface area contributed by atoms with E-state index < -0.39 is 0 Å². The van der Waals surface area contributed by atoms with Crippen molar-refractivity contribution in [3.05, 3.63) is 65.5 Å². The highest BCUT2D eigenvalue weighted by Gasteiger charge is 2.18. The van der Waals surface area contributed by atoms with Crippen LogP contribution in [0.4, 0.5) is 5.69 Å². The Labute approximate surface area is 162 Å². The van der Waals surface area contributed by atoms with Crippen molar-refractivity contribution in [2.24, 2.45) is 4.99 Å². The molecule has 0 amide bonds. The number of pyridine rings is 1. The van der Waals surface area contributed by atoms with E-state index in [2.05, 4.69) is 58.5 Å². The minimum Gasteiger partial charge on any atom is -0.369 e. The Morgan fingerprint density at radius 2 is 2.11 bits per heavy atom. The number of hydrogen-bond donors (Lipinski definition) is 1. The van der Waals surface area contributed by atoms with Crippen LogP contribution < -0.4 is 10.2 Å². The maximum absolute atomic E-state index is 4.78. The molecule has 1 saturated heterocycles. The van der Waals surface area contributed by atoms with E-state index in [-0.39, 0.29) is 0 Å². The van der Waals surface area contributed by atoms with Crippen molar-refractivity contribution in [1.29, 1.82) is 0 Å². The summed E-state index contributed by atoms with van der Waals surface area (Å²) in [6.07, 6.45) is 9.39. The van der Waals surface area contributed by atoms with E-state index in [0.29, 0.717) is 6.04 Å². The van der Waals surface area contributed by atoms with Gasteiger partial charge in [-0.15, -0.1) is 0 Å². The van der Waals surface area contributed by atoms with Gasteiger partial charge in [-0.25, -0.2) is 0 Å². The number of aliphatic imine (C=N–C) groups is 1. The average molecular weight is 361 g/mol. The van der Waals surface area contributed by atoms with Gasteiger partial charge in [0.2, 0.25) is 0 Å². The molecule has 0 saturated carbocycles. The molecule has 0 unspecified atom stereocenters. The number of allylic oxidation sites excluding steroid dienone is 1. The van der Waals surface area contributed by atoms with Gasteiger partial charge in [-0.2, -0.15) is 0 Å². The van der Waals surface area contributed by atoms with Gasteiger partial charge in [0.25, 0.3) is 0 Å². The van der Waals surface area contributed by atoms with E-state index in [1.807, 2.05) is 18.5 Å². The van der Waals surface area contributed by atoms with Gasteiger partial charge in [0.15, 0.2) is 0 Å². The highest BCUT2D eigenvalue weighted by atomic mass is 15.2. The zero-order valence-electron chi connectivity index (χ0n) is 16.1. The molecule has 0 aliphatic carbocycles. The van der Waals surface area contributed by atoms with Crippen LogP contribution in [0.5, 0.6) is 0 Å². The molecule has 2 aliphatic heterocycles. The zero-order chi connectivity index (χ0) is 18.5. The Morgan fingerprint density at radius 3 is 2.89 bits per heavy atom. The molecular formula is C23H28N4. The summed E-state index contributed by atoms with van der Waals surface area (Å²) in [5, 5.41) is 3.59. The fourth-order valence-corrected chi connectivity index (χ4v) is 3.92. The molecule has 1 aromatic carbocycles. The number of benzene rings is 1. The summed E-state index contributed by atoms with van der Waals surface area (Å²) < 4.78 is 0. The molecule has 0 radical (unpaired) electrons. The number of nitrogens with one attached hydrogen (secondary N) is 1. The minimum atomic E-state index is 0.598. The van der Waals surface area contributed by atoms with E-state index in [4.69, 9.17) is 4.99 Å². The lowest BCUT2D eigenvalue weighted by atomic mass is 9.95. The van der Waals surface area contributed by atoms with Crippen LogP contribution in [0.3, 0.4) is 0 Å². The normalized spacial score (nSPS) is 22.0. The lowest BCUT2D eigenvalue weighted by molar-refractivity contribution is 0.447. The Morgan fingerprint density at radius 1 is 1.22 bits per heavy atom. The van der Waals surface area contributed by atoms with Crippen molar-refractivity contribution in [3.8, 4) is 0 Å². The summed E-state index contributed by atoms with van der Waals surface area (Å²) in [5.41, 5.74) is 6.10. The molecule has 140 valence electrons. The van der Waals surface area contributed by atoms with E-state index in [0.717, 1.165) is 50.3 Å². The molecule has 4 rings (SSSR count). The van der Waals surface area contributed by atoms with Gasteiger partial charge in [-0.3, -0.25) is 9.98 Å². The van der Waals surface area contributed by atoms with Gasteiger partial charge < -0.3 is 10.2 Å². The second-order valence-corrected chi connectivity index (χ2v) is 7.34. The van der Waals surface area contributed by atoms with Crippen LogP contribution in [0.15, 0.2) is 59.4 Å². The molecule has 1 aromatic heterocycles. The second kappa shape index (κ2) is 8.49. The molecule has 1 N–H and O–H groups in total. The fourth-order valence-electron chi connectivity index (χ4n) is 3.92. The SMILES string of the molecule is CC[C@H]1CN(c2ccc(/C=C3\CCCN=C3c3cccnc3)cc2)CCN1. The molecule has 2 aliphatic rings. The first-order valence-electron chi connectivity index (χ1n) is 10.1. The first-order valence-corrected chi connectivity index (χ1v) is 10.1. The lowest BCUT2D eigenvalue weighted by Crippen LogP contribution is -2.50. The maximum Gasteiger partial charge on any atom is 0.0694 e. The monoisotopic (exact) mass is 360 g/mol. The highest BCUT2D eigenvalue weighted by Crippen LogP contribution is 2.24. The van der Waals surface area contributed by atoms with Crippen LogP contribution in [0, 0.1) is 0 Å². The largest absolute Gasteiger partial charge is 0.369 e. The number of aromatic nitrogens is 1. The summed E-state index contributed by atoms with van der Waals surface area (Å²) >= 11 is 0. The third-order valence-electron chi connectivity index (χ3n) is 5.46. The van der Waals surface area contributed by atoms with Crippen LogP contribution in [0.25, 0.3) is 6.08 Å². The zero-order valence-corrected chi connectivity index (χ0v) is 16.1. The van der Waals surface area contributed by atoms with Gasteiger partial charge in [0.05, 0.1) is 5.71 Å². The molecule has 0 bridgehead atoms. The van der Waals surface area contributed by atoms with Gasteiger partial charge in [-0.1, -0.05) is 19.1 Å². The van der Waals surface area contributed by atoms with Gasteiger partial charge in [-0.05, 0) is 60.7 Å². The summed E-state index contributed by atoms with van der Waals surface area (Å²) in [6.45, 7) is 6.39. The van der Waals surface area contributed by atoms with Crippen molar-refractivity contribution in [1.82, 2.24) is 10.3 Å². The standard InChI is InChI=1S/C23H28N4/c1-2-21-17-27(14-13-25-21)22-9-7-18(8-10-22)15-19-5-4-12-26-23(19)20-6-3-11-24-16-20/h3,6-11,15-16,21,25H,2,4-5,12-14,17H2,1H3/b19-15+/t21-/m0/s1. The lowest BCUT2D eigenvalue weighted by Gasteiger charge is -2.35. The van der Waals surface area contributed by atoms with Crippen LogP contribution in [0.1, 0.15) is 37.3 Å². The van der Waals surface area contributed by atoms with E-state index in [9.17, 15) is 0 Å². The predicted octanol–water partition coefficient (Wildman–Crippen LogP) is 3.94. The van der Waals surface area contributed by atoms with Gasteiger partial charge >= 0.3 is 0 Å². The first kappa shape index (κ1) is 17.9. The molecule has 27 heavy (non-hydrogen) atoms. The molecule has 3 heterocycles. The summed E-state index contributed by atoms with van der Waals surface area (Å²) in [5.74, 6) is 0. The Hall–Kier alpha value is -2.46. The number of rotatable bonds is 4. The van der Waals surface area contributed by atoms with Gasteiger partial charge in [0, 0.05) is 55.9 Å². The van der Waals surface area contributed by atoms with Crippen LogP contribution >= 0.6 is 0 Å². The third-order valence-corrected chi connectivity index (χ3v) is 5.46. The Kier molecular flexibility index (Phi) is 5.64. The molecule has 1 atom stereocenters.